The molecule has 9 nitrogen and oxygen atoms in total. The van der Waals surface area contributed by atoms with Gasteiger partial charge in [0.15, 0.2) is 0 Å². The van der Waals surface area contributed by atoms with Crippen molar-refractivity contribution in [2.45, 2.75) is 26.2 Å². The highest BCUT2D eigenvalue weighted by Crippen LogP contribution is 2.25. The van der Waals surface area contributed by atoms with Crippen LogP contribution in [0, 0.1) is 5.41 Å². The summed E-state index contributed by atoms with van der Waals surface area (Å²) >= 11 is 12.1. The van der Waals surface area contributed by atoms with Crippen molar-refractivity contribution in [1.82, 2.24) is 16.0 Å². The van der Waals surface area contributed by atoms with Gasteiger partial charge in [0.05, 0.1) is 18.6 Å². The van der Waals surface area contributed by atoms with Crippen LogP contribution in [0.5, 0.6) is 0 Å². The first kappa shape index (κ1) is 27.1. The SMILES string of the molecule is CCC(COC(=O)NCCS)(COC(O)NCCS)COC(O)NCCS. The number of hydrogen-bond acceptors (Lipinski definition) is 11. The second-order valence-electron chi connectivity index (χ2n) is 5.76. The number of nitrogens with one attached hydrogen (secondary N) is 3. The number of hydrogen-bond donors (Lipinski definition) is 8. The summed E-state index contributed by atoms with van der Waals surface area (Å²) in [5.41, 5.74) is -0.758. The summed E-state index contributed by atoms with van der Waals surface area (Å²) in [5.74, 6) is 1.58. The maximum Gasteiger partial charge on any atom is 0.407 e. The Kier molecular flexibility index (Phi) is 17.0. The molecule has 2 unspecified atom stereocenters. The number of ether oxygens (including phenoxy) is 3. The number of carbonyl (C=O) groups is 1. The van der Waals surface area contributed by atoms with Crippen LogP contribution in [0.15, 0.2) is 0 Å². The maximum atomic E-state index is 11.7. The van der Waals surface area contributed by atoms with E-state index in [1.807, 2.05) is 6.92 Å². The van der Waals surface area contributed by atoms with Crippen molar-refractivity contribution >= 4 is 44.0 Å². The number of rotatable bonds is 17. The number of aliphatic hydroxyl groups is 2. The molecule has 0 rings (SSSR count). The summed E-state index contributed by atoms with van der Waals surface area (Å²) in [7, 11) is 0. The van der Waals surface area contributed by atoms with Crippen molar-refractivity contribution in [1.29, 1.82) is 0 Å². The molecule has 0 fully saturated rings. The zero-order valence-corrected chi connectivity index (χ0v) is 18.3. The molecule has 0 aliphatic heterocycles. The molecule has 0 saturated carbocycles. The van der Waals surface area contributed by atoms with Crippen LogP contribution in [0.1, 0.15) is 13.3 Å². The van der Waals surface area contributed by atoms with Gasteiger partial charge in [-0.25, -0.2) is 4.79 Å². The molecular formula is C15H33N3O6S3. The number of aliphatic hydroxyl groups excluding tert-OH is 2. The summed E-state index contributed by atoms with van der Waals surface area (Å²) in [4.78, 5) is 11.7. The van der Waals surface area contributed by atoms with Gasteiger partial charge in [-0.15, -0.1) is 0 Å². The minimum atomic E-state index is -1.19. The standard InChI is InChI=1S/C15H33N3O6S3/c1-2-15(9-22-12(19)16-3-6-25,10-23-13(20)17-4-7-26)11-24-14(21)18-5-8-27/h12-13,16-17,19-20,25-27H,2-11H2,1H3,(H,18,21). The second kappa shape index (κ2) is 17.0. The van der Waals surface area contributed by atoms with Crippen LogP contribution < -0.4 is 16.0 Å². The predicted octanol–water partition coefficient (Wildman–Crippen LogP) is -0.337. The van der Waals surface area contributed by atoms with E-state index in [9.17, 15) is 15.0 Å². The first-order chi connectivity index (χ1) is 12.9. The molecule has 0 saturated heterocycles. The molecule has 0 aromatic rings. The molecule has 0 bridgehead atoms. The first-order valence-corrected chi connectivity index (χ1v) is 10.6. The van der Waals surface area contributed by atoms with Crippen LogP contribution >= 0.6 is 37.9 Å². The Labute approximate surface area is 177 Å². The molecule has 0 radical (unpaired) electrons. The van der Waals surface area contributed by atoms with E-state index in [1.54, 1.807) is 0 Å². The summed E-state index contributed by atoms with van der Waals surface area (Å²) in [6.07, 6.45) is -2.43. The Bertz CT molecular complexity index is 367. The third-order valence-corrected chi connectivity index (χ3v) is 4.27. The monoisotopic (exact) mass is 447 g/mol. The lowest BCUT2D eigenvalue weighted by Gasteiger charge is -2.33. The van der Waals surface area contributed by atoms with Crippen molar-refractivity contribution in [2.75, 3.05) is 56.7 Å². The Balaban J connectivity index is 4.77. The molecule has 162 valence electrons. The van der Waals surface area contributed by atoms with E-state index >= 15 is 0 Å². The highest BCUT2D eigenvalue weighted by molar-refractivity contribution is 7.80. The van der Waals surface area contributed by atoms with Crippen molar-refractivity contribution in [3.05, 3.63) is 0 Å². The van der Waals surface area contributed by atoms with Gasteiger partial charge in [-0.3, -0.25) is 10.6 Å². The fourth-order valence-corrected chi connectivity index (χ4v) is 2.23. The van der Waals surface area contributed by atoms with Crippen LogP contribution in [0.2, 0.25) is 0 Å². The van der Waals surface area contributed by atoms with Crippen molar-refractivity contribution in [3.63, 3.8) is 0 Å². The Morgan fingerprint density at radius 3 is 1.81 bits per heavy atom. The van der Waals surface area contributed by atoms with Crippen LogP contribution in [0.4, 0.5) is 4.79 Å². The largest absolute Gasteiger partial charge is 0.449 e. The number of thiol groups is 3. The smallest absolute Gasteiger partial charge is 0.407 e. The molecule has 2 atom stereocenters. The fourth-order valence-electron chi connectivity index (χ4n) is 1.86. The highest BCUT2D eigenvalue weighted by atomic mass is 32.1. The third-order valence-electron chi connectivity index (χ3n) is 3.60. The molecule has 0 aromatic carbocycles. The fraction of sp³-hybridized carbons (Fsp3) is 0.933. The van der Waals surface area contributed by atoms with Crippen molar-refractivity contribution in [2.24, 2.45) is 5.41 Å². The van der Waals surface area contributed by atoms with Gasteiger partial charge >= 0.3 is 6.09 Å². The van der Waals surface area contributed by atoms with Crippen LogP contribution in [-0.4, -0.2) is 85.8 Å². The second-order valence-corrected chi connectivity index (χ2v) is 7.10. The zero-order valence-electron chi connectivity index (χ0n) is 15.6. The van der Waals surface area contributed by atoms with E-state index in [-0.39, 0.29) is 19.8 Å². The quantitative estimate of drug-likeness (QED) is 0.113. The molecule has 0 aliphatic rings. The molecule has 0 aliphatic carbocycles. The van der Waals surface area contributed by atoms with Gasteiger partial charge in [0.25, 0.3) is 0 Å². The molecule has 0 heterocycles. The zero-order chi connectivity index (χ0) is 20.5. The van der Waals surface area contributed by atoms with Gasteiger partial charge in [-0.05, 0) is 6.42 Å². The number of carbonyl (C=O) groups excluding carboxylic acids is 1. The van der Waals surface area contributed by atoms with Gasteiger partial charge in [0.1, 0.15) is 6.61 Å². The minimum absolute atomic E-state index is 0.0134. The summed E-state index contributed by atoms with van der Waals surface area (Å²) in [6, 6.07) is 0. The van der Waals surface area contributed by atoms with Crippen LogP contribution in [-0.2, 0) is 14.2 Å². The van der Waals surface area contributed by atoms with E-state index in [1.165, 1.54) is 0 Å². The molecular weight excluding hydrogens is 414 g/mol. The van der Waals surface area contributed by atoms with Gasteiger partial charge in [-0.2, -0.15) is 37.9 Å². The van der Waals surface area contributed by atoms with Gasteiger partial charge in [0, 0.05) is 36.9 Å². The van der Waals surface area contributed by atoms with Crippen LogP contribution in [0.3, 0.4) is 0 Å². The Morgan fingerprint density at radius 1 is 0.926 bits per heavy atom. The Hall–Kier alpha value is 0.0800. The molecule has 1 amide bonds. The Morgan fingerprint density at radius 2 is 1.41 bits per heavy atom. The molecule has 27 heavy (non-hydrogen) atoms. The highest BCUT2D eigenvalue weighted by Gasteiger charge is 2.33. The minimum Gasteiger partial charge on any atom is -0.449 e. The average molecular weight is 448 g/mol. The summed E-state index contributed by atoms with van der Waals surface area (Å²) < 4.78 is 16.1. The maximum absolute atomic E-state index is 11.7. The topological polar surface area (TPSA) is 121 Å². The van der Waals surface area contributed by atoms with Crippen molar-refractivity contribution < 1.29 is 29.2 Å². The van der Waals surface area contributed by atoms with E-state index < -0.39 is 24.3 Å². The average Bonchev–Trinajstić information content (AvgIpc) is 2.68. The predicted molar refractivity (Wildman–Crippen MR) is 114 cm³/mol. The molecule has 0 spiro atoms. The number of alkyl carbamates (subject to hydrolysis) is 1. The summed E-state index contributed by atoms with van der Waals surface area (Å²) in [5, 5.41) is 27.7. The van der Waals surface area contributed by atoms with E-state index in [2.05, 4.69) is 53.8 Å². The summed E-state index contributed by atoms with van der Waals surface area (Å²) in [6.45, 7) is 3.27. The number of amides is 1. The van der Waals surface area contributed by atoms with Crippen molar-refractivity contribution in [3.8, 4) is 0 Å². The molecule has 12 heteroatoms. The lowest BCUT2D eigenvalue weighted by Crippen LogP contribution is -2.45. The van der Waals surface area contributed by atoms with Crippen LogP contribution in [0.25, 0.3) is 0 Å². The third kappa shape index (κ3) is 13.8. The normalized spacial score (nSPS) is 15.8. The molecule has 5 N–H and O–H groups in total. The van der Waals surface area contributed by atoms with E-state index in [4.69, 9.17) is 14.2 Å². The van der Waals surface area contributed by atoms with Gasteiger partial charge in [-0.1, -0.05) is 6.92 Å². The van der Waals surface area contributed by atoms with E-state index in [0.29, 0.717) is 43.3 Å². The molecule has 0 aromatic heterocycles. The van der Waals surface area contributed by atoms with Gasteiger partial charge < -0.3 is 29.7 Å². The van der Waals surface area contributed by atoms with E-state index in [0.717, 1.165) is 0 Å². The lowest BCUT2D eigenvalue weighted by molar-refractivity contribution is -0.187. The lowest BCUT2D eigenvalue weighted by atomic mass is 9.88. The first-order valence-electron chi connectivity index (χ1n) is 8.72. The van der Waals surface area contributed by atoms with Gasteiger partial charge in [0.2, 0.25) is 12.8 Å².